The number of hydrogen-bond donors (Lipinski definition) is 0. The lowest BCUT2D eigenvalue weighted by atomic mass is 9.92. The summed E-state index contributed by atoms with van der Waals surface area (Å²) in [4.78, 5) is 2.71. The Bertz CT molecular complexity index is 191. The van der Waals surface area contributed by atoms with Crippen molar-refractivity contribution >= 4 is 0 Å². The van der Waals surface area contributed by atoms with Gasteiger partial charge in [0, 0.05) is 12.6 Å². The highest BCUT2D eigenvalue weighted by Gasteiger charge is 2.37. The third-order valence-corrected chi connectivity index (χ3v) is 3.95. The van der Waals surface area contributed by atoms with Crippen LogP contribution in [-0.4, -0.2) is 36.7 Å². The fraction of sp³-hybridized carbons (Fsp3) is 1.00. The number of hydrogen-bond acceptors (Lipinski definition) is 2. The van der Waals surface area contributed by atoms with Crippen LogP contribution in [0.15, 0.2) is 0 Å². The fourth-order valence-electron chi connectivity index (χ4n) is 3.22. The zero-order valence-corrected chi connectivity index (χ0v) is 8.24. The van der Waals surface area contributed by atoms with E-state index in [-0.39, 0.29) is 0 Å². The van der Waals surface area contributed by atoms with E-state index < -0.39 is 0 Å². The van der Waals surface area contributed by atoms with E-state index in [4.69, 9.17) is 4.74 Å². The second kappa shape index (κ2) is 3.25. The van der Waals surface area contributed by atoms with Crippen LogP contribution < -0.4 is 0 Å². The molecule has 0 aromatic carbocycles. The van der Waals surface area contributed by atoms with Gasteiger partial charge in [0.05, 0.1) is 12.7 Å². The smallest absolute Gasteiger partial charge is 0.0936 e. The molecule has 0 aromatic rings. The highest BCUT2D eigenvalue weighted by atomic mass is 16.6. The number of rotatable bonds is 2. The summed E-state index contributed by atoms with van der Waals surface area (Å²) in [6, 6.07) is 0.929. The average Bonchev–Trinajstić information content (AvgIpc) is 2.83. The summed E-state index contributed by atoms with van der Waals surface area (Å²) in [5.74, 6) is 1.03. The average molecular weight is 181 g/mol. The van der Waals surface area contributed by atoms with Gasteiger partial charge in [-0.3, -0.25) is 4.90 Å². The van der Waals surface area contributed by atoms with Crippen LogP contribution in [0.25, 0.3) is 0 Å². The molecule has 0 N–H and O–H groups in total. The molecule has 2 aliphatic heterocycles. The van der Waals surface area contributed by atoms with Gasteiger partial charge in [0.2, 0.25) is 0 Å². The minimum absolute atomic E-state index is 0.597. The molecule has 3 rings (SSSR count). The molecular weight excluding hydrogens is 162 g/mol. The van der Waals surface area contributed by atoms with Crippen molar-refractivity contribution in [1.82, 2.24) is 4.90 Å². The first-order valence-electron chi connectivity index (χ1n) is 5.79. The van der Waals surface area contributed by atoms with Crippen LogP contribution in [0.4, 0.5) is 0 Å². The summed E-state index contributed by atoms with van der Waals surface area (Å²) in [5.41, 5.74) is 0. The Morgan fingerprint density at radius 3 is 2.85 bits per heavy atom. The Morgan fingerprint density at radius 1 is 1.15 bits per heavy atom. The maximum atomic E-state index is 5.32. The van der Waals surface area contributed by atoms with Gasteiger partial charge in [-0.15, -0.1) is 0 Å². The number of ether oxygens (including phenoxy) is 1. The largest absolute Gasteiger partial charge is 0.372 e. The Balaban J connectivity index is 1.63. The lowest BCUT2D eigenvalue weighted by Crippen LogP contribution is -2.44. The van der Waals surface area contributed by atoms with Gasteiger partial charge in [0.15, 0.2) is 0 Å². The first-order chi connectivity index (χ1) is 6.43. The maximum Gasteiger partial charge on any atom is 0.0936 e. The molecule has 3 aliphatic rings. The van der Waals surface area contributed by atoms with Crippen LogP contribution in [0.3, 0.4) is 0 Å². The van der Waals surface area contributed by atoms with Crippen molar-refractivity contribution in [3.8, 4) is 0 Å². The van der Waals surface area contributed by atoms with Crippen molar-refractivity contribution in [3.05, 3.63) is 0 Å². The first-order valence-corrected chi connectivity index (χ1v) is 5.79. The van der Waals surface area contributed by atoms with Gasteiger partial charge in [-0.05, 0) is 38.1 Å². The van der Waals surface area contributed by atoms with Crippen molar-refractivity contribution in [3.63, 3.8) is 0 Å². The molecule has 2 heterocycles. The SMILES string of the molecule is C1CC2CCCN(CC3CO3)C2C1. The van der Waals surface area contributed by atoms with Gasteiger partial charge in [-0.25, -0.2) is 0 Å². The lowest BCUT2D eigenvalue weighted by Gasteiger charge is -2.37. The predicted molar refractivity (Wildman–Crippen MR) is 51.7 cm³/mol. The summed E-state index contributed by atoms with van der Waals surface area (Å²) in [6.45, 7) is 3.58. The minimum atomic E-state index is 0.597. The standard InChI is InChI=1S/C11H19NO/c1-3-9-4-2-6-12(11(9)5-1)7-10-8-13-10/h9-11H,1-8H2. The summed E-state index contributed by atoms with van der Waals surface area (Å²) in [6.07, 6.45) is 7.93. The zero-order chi connectivity index (χ0) is 8.67. The molecule has 1 saturated carbocycles. The van der Waals surface area contributed by atoms with E-state index in [1.807, 2.05) is 0 Å². The van der Waals surface area contributed by atoms with Crippen LogP contribution in [0, 0.1) is 5.92 Å². The number of nitrogens with zero attached hydrogens (tertiary/aromatic N) is 1. The second-order valence-electron chi connectivity index (χ2n) is 4.85. The van der Waals surface area contributed by atoms with Crippen LogP contribution in [0.2, 0.25) is 0 Å². The van der Waals surface area contributed by atoms with E-state index in [2.05, 4.69) is 4.90 Å². The van der Waals surface area contributed by atoms with Gasteiger partial charge in [-0.2, -0.15) is 0 Å². The third kappa shape index (κ3) is 1.62. The number of fused-ring (bicyclic) bond motifs is 1. The monoisotopic (exact) mass is 181 g/mol. The lowest BCUT2D eigenvalue weighted by molar-refractivity contribution is 0.104. The van der Waals surface area contributed by atoms with Gasteiger partial charge in [0.1, 0.15) is 0 Å². The molecule has 2 nitrogen and oxygen atoms in total. The van der Waals surface area contributed by atoms with Crippen LogP contribution in [-0.2, 0) is 4.74 Å². The maximum absolute atomic E-state index is 5.32. The van der Waals surface area contributed by atoms with Gasteiger partial charge in [-0.1, -0.05) is 6.42 Å². The van der Waals surface area contributed by atoms with Gasteiger partial charge < -0.3 is 4.74 Å². The molecule has 0 bridgehead atoms. The Labute approximate surface area is 80.2 Å². The van der Waals surface area contributed by atoms with Crippen molar-refractivity contribution in [2.75, 3.05) is 19.7 Å². The van der Waals surface area contributed by atoms with E-state index in [0.717, 1.165) is 18.6 Å². The van der Waals surface area contributed by atoms with Crippen molar-refractivity contribution in [1.29, 1.82) is 0 Å². The topological polar surface area (TPSA) is 15.8 Å². The van der Waals surface area contributed by atoms with E-state index in [9.17, 15) is 0 Å². The molecule has 0 amide bonds. The van der Waals surface area contributed by atoms with E-state index >= 15 is 0 Å². The van der Waals surface area contributed by atoms with E-state index in [1.165, 1.54) is 45.2 Å². The molecule has 2 saturated heterocycles. The molecule has 0 spiro atoms. The molecule has 3 fully saturated rings. The van der Waals surface area contributed by atoms with Crippen molar-refractivity contribution in [2.45, 2.75) is 44.2 Å². The molecule has 13 heavy (non-hydrogen) atoms. The number of piperidine rings is 1. The molecule has 0 aromatic heterocycles. The molecule has 74 valence electrons. The highest BCUT2D eigenvalue weighted by Crippen LogP contribution is 2.37. The molecular formula is C11H19NO. The Morgan fingerprint density at radius 2 is 2.00 bits per heavy atom. The molecule has 1 aliphatic carbocycles. The van der Waals surface area contributed by atoms with Gasteiger partial charge in [0.25, 0.3) is 0 Å². The van der Waals surface area contributed by atoms with Crippen LogP contribution in [0.1, 0.15) is 32.1 Å². The first kappa shape index (κ1) is 8.25. The summed E-state index contributed by atoms with van der Waals surface area (Å²) in [7, 11) is 0. The van der Waals surface area contributed by atoms with Gasteiger partial charge >= 0.3 is 0 Å². The fourth-order valence-corrected chi connectivity index (χ4v) is 3.22. The molecule has 3 atom stereocenters. The third-order valence-electron chi connectivity index (χ3n) is 3.95. The molecule has 0 radical (unpaired) electrons. The summed E-state index contributed by atoms with van der Waals surface area (Å²) in [5, 5.41) is 0. The molecule has 2 heteroatoms. The van der Waals surface area contributed by atoms with Crippen LogP contribution >= 0.6 is 0 Å². The Hall–Kier alpha value is -0.0800. The number of epoxide rings is 1. The zero-order valence-electron chi connectivity index (χ0n) is 8.24. The minimum Gasteiger partial charge on any atom is -0.372 e. The summed E-state index contributed by atoms with van der Waals surface area (Å²) < 4.78 is 5.32. The summed E-state index contributed by atoms with van der Waals surface area (Å²) >= 11 is 0. The van der Waals surface area contributed by atoms with Crippen molar-refractivity contribution in [2.24, 2.45) is 5.92 Å². The highest BCUT2D eigenvalue weighted by molar-refractivity contribution is 4.91. The van der Waals surface area contributed by atoms with E-state index in [1.54, 1.807) is 0 Å². The predicted octanol–water partition coefficient (Wildman–Crippen LogP) is 1.65. The number of likely N-dealkylation sites (tertiary alicyclic amines) is 1. The van der Waals surface area contributed by atoms with Crippen LogP contribution in [0.5, 0.6) is 0 Å². The second-order valence-corrected chi connectivity index (χ2v) is 4.85. The van der Waals surface area contributed by atoms with Crippen molar-refractivity contribution < 1.29 is 4.74 Å². The Kier molecular flexibility index (Phi) is 2.06. The normalized spacial score (nSPS) is 44.8. The van der Waals surface area contributed by atoms with E-state index in [0.29, 0.717) is 6.10 Å². The quantitative estimate of drug-likeness (QED) is 0.602. The molecule has 3 unspecified atom stereocenters.